The van der Waals surface area contributed by atoms with Crippen molar-refractivity contribution >= 4 is 48.9 Å². The van der Waals surface area contributed by atoms with Crippen molar-refractivity contribution in [3.05, 3.63) is 50.3 Å². The van der Waals surface area contributed by atoms with Gasteiger partial charge in [-0.05, 0) is 46.0 Å². The summed E-state index contributed by atoms with van der Waals surface area (Å²) in [6.07, 6.45) is 1.46. The van der Waals surface area contributed by atoms with Crippen molar-refractivity contribution in [2.75, 3.05) is 0 Å². The minimum Gasteiger partial charge on any atom is -0.207 e. The second-order valence-corrected chi connectivity index (χ2v) is 9.40. The van der Waals surface area contributed by atoms with Crippen molar-refractivity contribution in [3.8, 4) is 0 Å². The quantitative estimate of drug-likeness (QED) is 0.867. The van der Waals surface area contributed by atoms with Crippen LogP contribution in [0.1, 0.15) is 11.1 Å². The SMILES string of the molecule is O=S(=O)(NC1Cc2ccccc2C1)c1cc(Cl)c(Br)s1. The van der Waals surface area contributed by atoms with Crippen LogP contribution in [-0.2, 0) is 22.9 Å². The van der Waals surface area contributed by atoms with E-state index in [2.05, 4.69) is 20.7 Å². The van der Waals surface area contributed by atoms with E-state index >= 15 is 0 Å². The molecule has 3 rings (SSSR count). The van der Waals surface area contributed by atoms with E-state index in [4.69, 9.17) is 11.6 Å². The minimum absolute atomic E-state index is 0.0861. The number of sulfonamides is 1. The first-order chi connectivity index (χ1) is 9.45. The van der Waals surface area contributed by atoms with E-state index in [1.807, 2.05) is 24.3 Å². The molecule has 1 aromatic carbocycles. The van der Waals surface area contributed by atoms with Gasteiger partial charge in [0.25, 0.3) is 0 Å². The van der Waals surface area contributed by atoms with Crippen LogP contribution in [-0.4, -0.2) is 14.5 Å². The molecule has 0 radical (unpaired) electrons. The van der Waals surface area contributed by atoms with Crippen molar-refractivity contribution in [2.45, 2.75) is 23.1 Å². The largest absolute Gasteiger partial charge is 0.250 e. The Hall–Kier alpha value is -0.400. The first-order valence-corrected chi connectivity index (χ1v) is 9.47. The number of hydrogen-bond acceptors (Lipinski definition) is 3. The number of fused-ring (bicyclic) bond motifs is 1. The summed E-state index contributed by atoms with van der Waals surface area (Å²) in [5, 5.41) is 0.421. The molecule has 1 aliphatic carbocycles. The van der Waals surface area contributed by atoms with Crippen LogP contribution >= 0.6 is 38.9 Å². The van der Waals surface area contributed by atoms with Gasteiger partial charge in [-0.25, -0.2) is 13.1 Å². The van der Waals surface area contributed by atoms with Gasteiger partial charge in [0, 0.05) is 6.04 Å². The van der Waals surface area contributed by atoms with E-state index in [9.17, 15) is 8.42 Å². The average Bonchev–Trinajstić information content (AvgIpc) is 2.93. The van der Waals surface area contributed by atoms with Crippen LogP contribution in [0.2, 0.25) is 5.02 Å². The van der Waals surface area contributed by atoms with Crippen LogP contribution in [0.5, 0.6) is 0 Å². The topological polar surface area (TPSA) is 46.2 Å². The number of benzene rings is 1. The third-order valence-corrected chi connectivity index (χ3v) is 7.73. The molecule has 3 nitrogen and oxygen atoms in total. The van der Waals surface area contributed by atoms with Crippen molar-refractivity contribution in [1.29, 1.82) is 0 Å². The molecular formula is C13H11BrClNO2S2. The predicted octanol–water partition coefficient (Wildman–Crippen LogP) is 3.61. The van der Waals surface area contributed by atoms with Gasteiger partial charge in [-0.2, -0.15) is 0 Å². The predicted molar refractivity (Wildman–Crippen MR) is 85.0 cm³/mol. The third-order valence-electron chi connectivity index (χ3n) is 3.26. The zero-order valence-corrected chi connectivity index (χ0v) is 14.2. The van der Waals surface area contributed by atoms with Gasteiger partial charge in [0.15, 0.2) is 0 Å². The molecule has 7 heteroatoms. The van der Waals surface area contributed by atoms with Gasteiger partial charge in [0.1, 0.15) is 4.21 Å². The Bertz CT molecular complexity index is 713. The van der Waals surface area contributed by atoms with Gasteiger partial charge in [0.2, 0.25) is 10.0 Å². The summed E-state index contributed by atoms with van der Waals surface area (Å²) in [5.74, 6) is 0. The van der Waals surface area contributed by atoms with Gasteiger partial charge in [0.05, 0.1) is 8.81 Å². The number of halogens is 2. The number of rotatable bonds is 3. The summed E-state index contributed by atoms with van der Waals surface area (Å²) in [7, 11) is -3.51. The summed E-state index contributed by atoms with van der Waals surface area (Å²) >= 11 is 10.3. The molecule has 1 aromatic heterocycles. The minimum atomic E-state index is -3.51. The van der Waals surface area contributed by atoms with E-state index in [0.717, 1.165) is 24.2 Å². The van der Waals surface area contributed by atoms with Gasteiger partial charge >= 0.3 is 0 Å². The van der Waals surface area contributed by atoms with E-state index in [-0.39, 0.29) is 10.3 Å². The number of nitrogens with one attached hydrogen (secondary N) is 1. The molecule has 0 atom stereocenters. The fourth-order valence-corrected chi connectivity index (χ4v) is 6.03. The van der Waals surface area contributed by atoms with Gasteiger partial charge < -0.3 is 0 Å². The zero-order chi connectivity index (χ0) is 14.3. The Labute approximate surface area is 135 Å². The Morgan fingerprint density at radius 1 is 1.25 bits per heavy atom. The third kappa shape index (κ3) is 2.80. The molecule has 20 heavy (non-hydrogen) atoms. The molecule has 0 aliphatic heterocycles. The average molecular weight is 393 g/mol. The van der Waals surface area contributed by atoms with Gasteiger partial charge in [-0.1, -0.05) is 35.9 Å². The highest BCUT2D eigenvalue weighted by Crippen LogP contribution is 2.35. The molecule has 0 unspecified atom stereocenters. The van der Waals surface area contributed by atoms with E-state index in [1.165, 1.54) is 17.2 Å². The van der Waals surface area contributed by atoms with Crippen molar-refractivity contribution in [1.82, 2.24) is 4.72 Å². The number of hydrogen-bond donors (Lipinski definition) is 1. The van der Waals surface area contributed by atoms with Crippen LogP contribution in [0.3, 0.4) is 0 Å². The van der Waals surface area contributed by atoms with E-state index < -0.39 is 10.0 Å². The van der Waals surface area contributed by atoms with E-state index in [0.29, 0.717) is 8.81 Å². The summed E-state index contributed by atoms with van der Waals surface area (Å²) < 4.78 is 28.3. The molecule has 0 amide bonds. The molecule has 0 saturated heterocycles. The highest BCUT2D eigenvalue weighted by molar-refractivity contribution is 9.11. The summed E-state index contributed by atoms with van der Waals surface area (Å²) in [4.78, 5) is 0. The summed E-state index contributed by atoms with van der Waals surface area (Å²) in [5.41, 5.74) is 2.43. The number of thiophene rings is 1. The maximum atomic E-state index is 12.3. The standard InChI is InChI=1S/C13H11BrClNO2S2/c14-13-11(15)7-12(19-13)20(17,18)16-10-5-8-3-1-2-4-9(8)6-10/h1-4,7,10,16H,5-6H2. The van der Waals surface area contributed by atoms with Crippen LogP contribution in [0.15, 0.2) is 38.3 Å². The van der Waals surface area contributed by atoms with Crippen molar-refractivity contribution < 1.29 is 8.42 Å². The van der Waals surface area contributed by atoms with Crippen molar-refractivity contribution in [2.24, 2.45) is 0 Å². The summed E-state index contributed by atoms with van der Waals surface area (Å²) in [6.45, 7) is 0. The highest BCUT2D eigenvalue weighted by atomic mass is 79.9. The van der Waals surface area contributed by atoms with Crippen LogP contribution in [0.4, 0.5) is 0 Å². The second kappa shape index (κ2) is 5.42. The zero-order valence-electron chi connectivity index (χ0n) is 10.3. The lowest BCUT2D eigenvalue weighted by molar-refractivity contribution is 0.557. The maximum Gasteiger partial charge on any atom is 0.250 e. The summed E-state index contributed by atoms with van der Waals surface area (Å²) in [6, 6.07) is 9.43. The van der Waals surface area contributed by atoms with E-state index in [1.54, 1.807) is 0 Å². The molecule has 1 heterocycles. The molecule has 1 aliphatic rings. The van der Waals surface area contributed by atoms with Crippen LogP contribution in [0.25, 0.3) is 0 Å². The first kappa shape index (κ1) is 14.5. The molecule has 0 saturated carbocycles. The van der Waals surface area contributed by atoms with Crippen LogP contribution in [0, 0.1) is 0 Å². The lowest BCUT2D eigenvalue weighted by atomic mass is 10.1. The highest BCUT2D eigenvalue weighted by Gasteiger charge is 2.27. The fourth-order valence-electron chi connectivity index (χ4n) is 2.38. The molecule has 2 aromatic rings. The maximum absolute atomic E-state index is 12.3. The molecular weight excluding hydrogens is 382 g/mol. The Kier molecular flexibility index (Phi) is 3.94. The lowest BCUT2D eigenvalue weighted by Gasteiger charge is -2.11. The first-order valence-electron chi connectivity index (χ1n) is 5.99. The lowest BCUT2D eigenvalue weighted by Crippen LogP contribution is -2.34. The monoisotopic (exact) mass is 391 g/mol. The normalized spacial score (nSPS) is 15.5. The van der Waals surface area contributed by atoms with Gasteiger partial charge in [-0.15, -0.1) is 11.3 Å². The molecule has 0 fully saturated rings. The Balaban J connectivity index is 1.79. The molecule has 0 bridgehead atoms. The second-order valence-electron chi connectivity index (χ2n) is 4.68. The smallest absolute Gasteiger partial charge is 0.207 e. The van der Waals surface area contributed by atoms with Crippen molar-refractivity contribution in [3.63, 3.8) is 0 Å². The Morgan fingerprint density at radius 2 is 1.85 bits per heavy atom. The molecule has 0 spiro atoms. The van der Waals surface area contributed by atoms with Crippen LogP contribution < -0.4 is 4.72 Å². The molecule has 106 valence electrons. The fraction of sp³-hybridized carbons (Fsp3) is 0.231. The Morgan fingerprint density at radius 3 is 2.35 bits per heavy atom. The van der Waals surface area contributed by atoms with Gasteiger partial charge in [-0.3, -0.25) is 0 Å². The molecule has 1 N–H and O–H groups in total.